The van der Waals surface area contributed by atoms with Gasteiger partial charge in [-0.1, -0.05) is 13.3 Å². The van der Waals surface area contributed by atoms with Gasteiger partial charge >= 0.3 is 0 Å². The van der Waals surface area contributed by atoms with Crippen molar-refractivity contribution in [1.29, 1.82) is 0 Å². The Bertz CT molecular complexity index is 151. The second kappa shape index (κ2) is 4.09. The number of halogens is 1. The molecule has 0 aliphatic heterocycles. The van der Waals surface area contributed by atoms with Crippen LogP contribution in [0, 0.1) is 0 Å². The molecule has 0 aromatic rings. The molecule has 0 atom stereocenters. The third-order valence-corrected chi connectivity index (χ3v) is 2.40. The lowest BCUT2D eigenvalue weighted by Gasteiger charge is -1.94. The van der Waals surface area contributed by atoms with E-state index in [1.165, 1.54) is 0 Å². The van der Waals surface area contributed by atoms with Crippen LogP contribution in [0.3, 0.4) is 0 Å². The molecule has 0 aliphatic rings. The van der Waals surface area contributed by atoms with Crippen molar-refractivity contribution in [3.63, 3.8) is 0 Å². The van der Waals surface area contributed by atoms with Crippen LogP contribution in [0.25, 0.3) is 0 Å². The molecule has 0 N–H and O–H groups in total. The Morgan fingerprint density at radius 2 is 2.11 bits per heavy atom. The topological polar surface area (TPSA) is 43.4 Å². The van der Waals surface area contributed by atoms with Crippen LogP contribution in [0.5, 0.6) is 0 Å². The maximum absolute atomic E-state index is 10.4. The summed E-state index contributed by atoms with van der Waals surface area (Å²) in [4.78, 5) is 0. The zero-order chi connectivity index (χ0) is 7.33. The molecule has 0 aliphatic carbocycles. The monoisotopic (exact) mass is 172 g/mol. The molecule has 0 spiro atoms. The third-order valence-electron chi connectivity index (χ3n) is 0.844. The van der Waals surface area contributed by atoms with E-state index in [9.17, 15) is 8.42 Å². The molecule has 0 rings (SSSR count). The largest absolute Gasteiger partial charge is 0.283 e. The summed E-state index contributed by atoms with van der Waals surface area (Å²) in [6.07, 6.45) is 1.41. The average molecular weight is 173 g/mol. The number of hydrogen-bond donors (Lipinski definition) is 0. The van der Waals surface area contributed by atoms with Gasteiger partial charge in [-0.05, 0) is 6.42 Å². The molecule has 0 aromatic carbocycles. The number of rotatable bonds is 4. The van der Waals surface area contributed by atoms with Crippen molar-refractivity contribution in [3.05, 3.63) is 0 Å². The third kappa shape index (κ3) is 4.69. The molecule has 9 heavy (non-hydrogen) atoms. The molecule has 0 saturated heterocycles. The Morgan fingerprint density at radius 3 is 2.44 bits per heavy atom. The number of hydrogen-bond acceptors (Lipinski definition) is 3. The first-order valence-corrected chi connectivity index (χ1v) is 4.54. The van der Waals surface area contributed by atoms with E-state index in [4.69, 9.17) is 0 Å². The fraction of sp³-hybridized carbons (Fsp3) is 1.00. The van der Waals surface area contributed by atoms with Crippen LogP contribution < -0.4 is 0 Å². The summed E-state index contributed by atoms with van der Waals surface area (Å²) < 4.78 is 24.5. The van der Waals surface area contributed by atoms with Crippen molar-refractivity contribution >= 4 is 22.0 Å². The van der Waals surface area contributed by atoms with Crippen LogP contribution in [0.2, 0.25) is 0 Å². The molecule has 56 valence electrons. The molecule has 5 heteroatoms. The minimum absolute atomic E-state index is 0.00694. The van der Waals surface area contributed by atoms with Crippen LogP contribution >= 0.6 is 11.9 Å². The lowest BCUT2D eigenvalue weighted by Crippen LogP contribution is -2.04. The summed E-state index contributed by atoms with van der Waals surface area (Å²) >= 11 is 4.64. The van der Waals surface area contributed by atoms with Gasteiger partial charge in [0.1, 0.15) is 0 Å². The SMILES string of the molecule is CCCCS(=O)(=O)OCl. The van der Waals surface area contributed by atoms with Crippen molar-refractivity contribution in [3.8, 4) is 0 Å². The lowest BCUT2D eigenvalue weighted by molar-refractivity contribution is 0.506. The maximum Gasteiger partial charge on any atom is 0.283 e. The first-order chi connectivity index (χ1) is 4.12. The highest BCUT2D eigenvalue weighted by Crippen LogP contribution is 2.00. The van der Waals surface area contributed by atoms with Crippen molar-refractivity contribution in [1.82, 2.24) is 0 Å². The summed E-state index contributed by atoms with van der Waals surface area (Å²) in [5.41, 5.74) is 0. The Kier molecular flexibility index (Phi) is 4.18. The standard InChI is InChI=1S/C4H9ClO3S/c1-2-3-4-9(6,7)8-5/h2-4H2,1H3. The quantitative estimate of drug-likeness (QED) is 0.642. The van der Waals surface area contributed by atoms with E-state index in [0.29, 0.717) is 6.42 Å². The molecule has 0 unspecified atom stereocenters. The molecule has 0 saturated carbocycles. The Balaban J connectivity index is 3.61. The lowest BCUT2D eigenvalue weighted by atomic mass is 10.4. The van der Waals surface area contributed by atoms with Gasteiger partial charge < -0.3 is 0 Å². The Hall–Kier alpha value is 0.200. The molecule has 0 bridgehead atoms. The van der Waals surface area contributed by atoms with E-state index >= 15 is 0 Å². The molecule has 3 nitrogen and oxygen atoms in total. The molecule has 0 amide bonds. The number of unbranched alkanes of at least 4 members (excludes halogenated alkanes) is 1. The van der Waals surface area contributed by atoms with Gasteiger partial charge in [0, 0.05) is 0 Å². The fourth-order valence-electron chi connectivity index (χ4n) is 0.353. The first-order valence-electron chi connectivity index (χ1n) is 2.65. The van der Waals surface area contributed by atoms with Crippen molar-refractivity contribution in [2.75, 3.05) is 5.75 Å². The predicted octanol–water partition coefficient (Wildman–Crippen LogP) is 1.29. The molecule has 0 fully saturated rings. The Morgan fingerprint density at radius 1 is 1.56 bits per heavy atom. The highest BCUT2D eigenvalue weighted by molar-refractivity contribution is 7.87. The van der Waals surface area contributed by atoms with Crippen LogP contribution in [-0.2, 0) is 13.9 Å². The van der Waals surface area contributed by atoms with Gasteiger partial charge in [-0.15, -0.1) is 0 Å². The summed E-state index contributed by atoms with van der Waals surface area (Å²) in [6, 6.07) is 0. The van der Waals surface area contributed by atoms with E-state index in [0.717, 1.165) is 6.42 Å². The highest BCUT2D eigenvalue weighted by atomic mass is 35.5. The summed E-state index contributed by atoms with van der Waals surface area (Å²) in [5, 5.41) is 0. The second-order valence-corrected chi connectivity index (χ2v) is 3.71. The predicted molar refractivity (Wildman–Crippen MR) is 35.6 cm³/mol. The average Bonchev–Trinajstić information content (AvgIpc) is 1.84. The van der Waals surface area contributed by atoms with Gasteiger partial charge in [0.05, 0.1) is 17.6 Å². The second-order valence-electron chi connectivity index (χ2n) is 1.68. The zero-order valence-corrected chi connectivity index (χ0v) is 6.70. The molecule has 0 aromatic heterocycles. The van der Waals surface area contributed by atoms with Crippen molar-refractivity contribution in [2.45, 2.75) is 19.8 Å². The smallest absolute Gasteiger partial charge is 0.198 e. The van der Waals surface area contributed by atoms with Gasteiger partial charge in [0.25, 0.3) is 10.1 Å². The van der Waals surface area contributed by atoms with Gasteiger partial charge in [-0.3, -0.25) is 0 Å². The molecular formula is C4H9ClO3S. The van der Waals surface area contributed by atoms with Crippen LogP contribution in [-0.4, -0.2) is 14.2 Å². The van der Waals surface area contributed by atoms with Crippen LogP contribution in [0.15, 0.2) is 0 Å². The molecule has 0 heterocycles. The Labute approximate surface area is 60.3 Å². The molecule has 0 radical (unpaired) electrons. The minimum atomic E-state index is -3.42. The van der Waals surface area contributed by atoms with E-state index in [2.05, 4.69) is 15.6 Å². The van der Waals surface area contributed by atoms with E-state index in [-0.39, 0.29) is 5.75 Å². The van der Waals surface area contributed by atoms with Crippen LogP contribution in [0.4, 0.5) is 0 Å². The van der Waals surface area contributed by atoms with E-state index in [1.807, 2.05) is 6.92 Å². The molecular weight excluding hydrogens is 164 g/mol. The zero-order valence-electron chi connectivity index (χ0n) is 5.13. The fourth-order valence-corrected chi connectivity index (χ4v) is 1.25. The van der Waals surface area contributed by atoms with E-state index in [1.54, 1.807) is 0 Å². The normalized spacial score (nSPS) is 11.8. The highest BCUT2D eigenvalue weighted by Gasteiger charge is 2.07. The maximum atomic E-state index is 10.4. The van der Waals surface area contributed by atoms with Gasteiger partial charge in [0.15, 0.2) is 0 Å². The van der Waals surface area contributed by atoms with Crippen LogP contribution in [0.1, 0.15) is 19.8 Å². The van der Waals surface area contributed by atoms with Gasteiger partial charge in [0.2, 0.25) is 0 Å². The van der Waals surface area contributed by atoms with Crippen molar-refractivity contribution in [2.24, 2.45) is 0 Å². The van der Waals surface area contributed by atoms with Gasteiger partial charge in [-0.2, -0.15) is 12.2 Å². The van der Waals surface area contributed by atoms with Gasteiger partial charge in [-0.25, -0.2) is 0 Å². The van der Waals surface area contributed by atoms with E-state index < -0.39 is 10.1 Å². The summed E-state index contributed by atoms with van der Waals surface area (Å²) in [6.45, 7) is 1.89. The first kappa shape index (κ1) is 9.20. The summed E-state index contributed by atoms with van der Waals surface area (Å²) in [5.74, 6) is 0.00694. The van der Waals surface area contributed by atoms with Crippen molar-refractivity contribution < 1.29 is 12.2 Å². The minimum Gasteiger partial charge on any atom is -0.198 e. The summed E-state index contributed by atoms with van der Waals surface area (Å²) in [7, 11) is -3.42.